The normalized spacial score (nSPS) is 16.8. The molecule has 1 atom stereocenters. The Kier molecular flexibility index (Phi) is 5.06. The number of carbonyl (C=O) groups excluding carboxylic acids is 1. The van der Waals surface area contributed by atoms with Crippen LogP contribution in [-0.2, 0) is 0 Å². The lowest BCUT2D eigenvalue weighted by Gasteiger charge is -2.34. The van der Waals surface area contributed by atoms with Crippen molar-refractivity contribution in [1.29, 1.82) is 0 Å². The lowest BCUT2D eigenvalue weighted by molar-refractivity contribution is 0.0678. The molecule has 7 nitrogen and oxygen atoms in total. The van der Waals surface area contributed by atoms with Crippen LogP contribution in [0.15, 0.2) is 49.1 Å². The van der Waals surface area contributed by atoms with Gasteiger partial charge in [0.25, 0.3) is 5.91 Å². The molecular formula is C21H23N5O2. The topological polar surface area (TPSA) is 73.1 Å². The van der Waals surface area contributed by atoms with E-state index in [-0.39, 0.29) is 11.9 Å². The number of hydrogen-bond acceptors (Lipinski definition) is 5. The second-order valence-corrected chi connectivity index (χ2v) is 6.97. The summed E-state index contributed by atoms with van der Waals surface area (Å²) in [6.45, 7) is 3.45. The highest BCUT2D eigenvalue weighted by atomic mass is 16.5. The zero-order chi connectivity index (χ0) is 19.5. The molecule has 1 amide bonds. The molecule has 1 unspecified atom stereocenters. The van der Waals surface area contributed by atoms with Crippen LogP contribution in [0.25, 0.3) is 11.4 Å². The van der Waals surface area contributed by atoms with Gasteiger partial charge in [-0.05, 0) is 38.0 Å². The number of methoxy groups -OCH3 is 1. The number of aromatic nitrogens is 4. The SMILES string of the molecule is COc1ccc(C(=O)N2CCCC(n3c(C)cnc3-c3cccnc3)C2)cn1. The second kappa shape index (κ2) is 7.80. The van der Waals surface area contributed by atoms with Gasteiger partial charge >= 0.3 is 0 Å². The minimum Gasteiger partial charge on any atom is -0.481 e. The molecule has 1 saturated heterocycles. The molecule has 7 heteroatoms. The highest BCUT2D eigenvalue weighted by Crippen LogP contribution is 2.29. The van der Waals surface area contributed by atoms with Crippen LogP contribution in [0.3, 0.4) is 0 Å². The van der Waals surface area contributed by atoms with Crippen LogP contribution in [0.5, 0.6) is 5.88 Å². The Morgan fingerprint density at radius 3 is 2.79 bits per heavy atom. The number of rotatable bonds is 4. The molecule has 28 heavy (non-hydrogen) atoms. The van der Waals surface area contributed by atoms with Gasteiger partial charge < -0.3 is 14.2 Å². The van der Waals surface area contributed by atoms with Gasteiger partial charge in [0.05, 0.1) is 18.7 Å². The first-order valence-corrected chi connectivity index (χ1v) is 9.41. The van der Waals surface area contributed by atoms with Gasteiger partial charge in [0.15, 0.2) is 0 Å². The first-order valence-electron chi connectivity index (χ1n) is 9.41. The molecular weight excluding hydrogens is 354 g/mol. The smallest absolute Gasteiger partial charge is 0.255 e. The minimum absolute atomic E-state index is 0.000509. The third-order valence-corrected chi connectivity index (χ3v) is 5.14. The standard InChI is InChI=1S/C21H23N5O2/c1-15-11-24-20(16-5-3-9-22-12-16)26(15)18-6-4-10-25(14-18)21(27)17-7-8-19(28-2)23-13-17/h3,5,7-9,11-13,18H,4,6,10,14H2,1-2H3. The molecule has 144 valence electrons. The minimum atomic E-state index is 0.000509. The zero-order valence-electron chi connectivity index (χ0n) is 16.1. The van der Waals surface area contributed by atoms with E-state index in [2.05, 4.69) is 26.4 Å². The van der Waals surface area contributed by atoms with Crippen molar-refractivity contribution in [2.75, 3.05) is 20.2 Å². The van der Waals surface area contributed by atoms with E-state index in [1.54, 1.807) is 31.6 Å². The molecule has 3 aromatic heterocycles. The van der Waals surface area contributed by atoms with E-state index in [0.29, 0.717) is 18.0 Å². The van der Waals surface area contributed by atoms with E-state index in [1.165, 1.54) is 0 Å². The third kappa shape index (κ3) is 3.47. The molecule has 0 spiro atoms. The summed E-state index contributed by atoms with van der Waals surface area (Å²) in [5.41, 5.74) is 2.65. The van der Waals surface area contributed by atoms with Crippen molar-refractivity contribution in [2.24, 2.45) is 0 Å². The number of imidazole rings is 1. The van der Waals surface area contributed by atoms with Crippen LogP contribution in [0, 0.1) is 6.92 Å². The number of pyridine rings is 2. The summed E-state index contributed by atoms with van der Waals surface area (Å²) in [7, 11) is 1.56. The van der Waals surface area contributed by atoms with E-state index < -0.39 is 0 Å². The summed E-state index contributed by atoms with van der Waals surface area (Å²) in [6, 6.07) is 7.59. The molecule has 3 aromatic rings. The van der Waals surface area contributed by atoms with Gasteiger partial charge in [0.2, 0.25) is 5.88 Å². The average Bonchev–Trinajstić information content (AvgIpc) is 3.15. The number of aryl methyl sites for hydroxylation is 1. The molecule has 0 saturated carbocycles. The number of amides is 1. The Morgan fingerprint density at radius 1 is 1.18 bits per heavy atom. The lowest BCUT2D eigenvalue weighted by Crippen LogP contribution is -2.41. The summed E-state index contributed by atoms with van der Waals surface area (Å²) in [5, 5.41) is 0. The van der Waals surface area contributed by atoms with Gasteiger partial charge in [-0.1, -0.05) is 0 Å². The van der Waals surface area contributed by atoms with Crippen molar-refractivity contribution in [2.45, 2.75) is 25.8 Å². The molecule has 0 N–H and O–H groups in total. The number of hydrogen-bond donors (Lipinski definition) is 0. The van der Waals surface area contributed by atoms with Crippen LogP contribution in [-0.4, -0.2) is 50.5 Å². The Labute approximate surface area is 164 Å². The largest absolute Gasteiger partial charge is 0.481 e. The molecule has 0 radical (unpaired) electrons. The van der Waals surface area contributed by atoms with Gasteiger partial charge in [0, 0.05) is 55.2 Å². The van der Waals surface area contributed by atoms with E-state index >= 15 is 0 Å². The highest BCUT2D eigenvalue weighted by Gasteiger charge is 2.28. The second-order valence-electron chi connectivity index (χ2n) is 6.97. The Hall–Kier alpha value is -3.22. The van der Waals surface area contributed by atoms with Crippen LogP contribution in [0.1, 0.15) is 34.9 Å². The number of nitrogens with zero attached hydrogens (tertiary/aromatic N) is 5. The summed E-state index contributed by atoms with van der Waals surface area (Å²) >= 11 is 0. The van der Waals surface area contributed by atoms with E-state index in [1.807, 2.05) is 29.4 Å². The van der Waals surface area contributed by atoms with Crippen LogP contribution in [0.2, 0.25) is 0 Å². The number of carbonyl (C=O) groups is 1. The van der Waals surface area contributed by atoms with Gasteiger partial charge in [-0.25, -0.2) is 9.97 Å². The summed E-state index contributed by atoms with van der Waals surface area (Å²) in [6.07, 6.45) is 9.00. The molecule has 0 aromatic carbocycles. The van der Waals surface area contributed by atoms with Crippen molar-refractivity contribution < 1.29 is 9.53 Å². The molecule has 0 bridgehead atoms. The average molecular weight is 377 g/mol. The Balaban J connectivity index is 1.58. The van der Waals surface area contributed by atoms with E-state index in [0.717, 1.165) is 36.5 Å². The highest BCUT2D eigenvalue weighted by molar-refractivity contribution is 5.94. The summed E-state index contributed by atoms with van der Waals surface area (Å²) < 4.78 is 7.32. The van der Waals surface area contributed by atoms with Crippen molar-refractivity contribution in [3.63, 3.8) is 0 Å². The van der Waals surface area contributed by atoms with Gasteiger partial charge in [-0.2, -0.15) is 0 Å². The molecule has 1 aliphatic heterocycles. The Bertz CT molecular complexity index is 953. The number of piperidine rings is 1. The van der Waals surface area contributed by atoms with Crippen LogP contribution in [0.4, 0.5) is 0 Å². The summed E-state index contributed by atoms with van der Waals surface area (Å²) in [5.74, 6) is 1.40. The zero-order valence-corrected chi connectivity index (χ0v) is 16.1. The third-order valence-electron chi connectivity index (χ3n) is 5.14. The first-order chi connectivity index (χ1) is 13.7. The molecule has 4 rings (SSSR count). The molecule has 0 aliphatic carbocycles. The fourth-order valence-corrected chi connectivity index (χ4v) is 3.78. The van der Waals surface area contributed by atoms with Crippen molar-refractivity contribution in [3.8, 4) is 17.3 Å². The maximum atomic E-state index is 13.0. The predicted molar refractivity (Wildman–Crippen MR) is 105 cm³/mol. The van der Waals surface area contributed by atoms with Gasteiger partial charge in [-0.3, -0.25) is 9.78 Å². The fourth-order valence-electron chi connectivity index (χ4n) is 3.78. The van der Waals surface area contributed by atoms with Crippen molar-refractivity contribution in [3.05, 3.63) is 60.3 Å². The quantitative estimate of drug-likeness (QED) is 0.698. The number of likely N-dealkylation sites (tertiary alicyclic amines) is 1. The molecule has 1 aliphatic rings. The lowest BCUT2D eigenvalue weighted by atomic mass is 10.0. The number of ether oxygens (including phenoxy) is 1. The van der Waals surface area contributed by atoms with Gasteiger partial charge in [-0.15, -0.1) is 0 Å². The van der Waals surface area contributed by atoms with E-state index in [9.17, 15) is 4.79 Å². The monoisotopic (exact) mass is 377 g/mol. The summed E-state index contributed by atoms with van der Waals surface area (Å²) in [4.78, 5) is 27.9. The maximum Gasteiger partial charge on any atom is 0.255 e. The van der Waals surface area contributed by atoms with Crippen molar-refractivity contribution >= 4 is 5.91 Å². The van der Waals surface area contributed by atoms with Crippen LogP contribution < -0.4 is 4.74 Å². The molecule has 1 fully saturated rings. The molecule has 4 heterocycles. The van der Waals surface area contributed by atoms with Crippen LogP contribution >= 0.6 is 0 Å². The fraction of sp³-hybridized carbons (Fsp3) is 0.333. The van der Waals surface area contributed by atoms with Crippen molar-refractivity contribution in [1.82, 2.24) is 24.4 Å². The van der Waals surface area contributed by atoms with E-state index in [4.69, 9.17) is 4.74 Å². The predicted octanol–water partition coefficient (Wildman–Crippen LogP) is 3.13. The Morgan fingerprint density at radius 2 is 2.07 bits per heavy atom. The maximum absolute atomic E-state index is 13.0. The first kappa shape index (κ1) is 18.2. The van der Waals surface area contributed by atoms with Gasteiger partial charge in [0.1, 0.15) is 5.82 Å².